The second-order valence-corrected chi connectivity index (χ2v) is 4.26. The number of ether oxygens (including phenoxy) is 1. The third-order valence-corrected chi connectivity index (χ3v) is 2.62. The van der Waals surface area contributed by atoms with Gasteiger partial charge in [-0.2, -0.15) is 0 Å². The number of hydrogen-bond donors (Lipinski definition) is 0. The number of carbonyl (C=O) groups is 1. The van der Waals surface area contributed by atoms with Gasteiger partial charge in [0.05, 0.1) is 5.56 Å². The highest BCUT2D eigenvalue weighted by Crippen LogP contribution is 2.17. The molecule has 0 aliphatic heterocycles. The summed E-state index contributed by atoms with van der Waals surface area (Å²) < 4.78 is 19.2. The molecule has 0 saturated carbocycles. The molecule has 0 heterocycles. The van der Waals surface area contributed by atoms with Gasteiger partial charge in [0.25, 0.3) is 0 Å². The molecular weight excluding hydrogens is 275 g/mol. The third-order valence-electron chi connectivity index (χ3n) is 2.13. The summed E-state index contributed by atoms with van der Waals surface area (Å²) >= 11 is 3.21. The Morgan fingerprint density at radius 1 is 1.50 bits per heavy atom. The zero-order valence-electron chi connectivity index (χ0n) is 9.13. The summed E-state index contributed by atoms with van der Waals surface area (Å²) in [6.45, 7) is 3.08. The Morgan fingerprint density at radius 2 is 2.25 bits per heavy atom. The molecule has 0 unspecified atom stereocenters. The van der Waals surface area contributed by atoms with Gasteiger partial charge in [0, 0.05) is 24.1 Å². The largest absolute Gasteiger partial charge is 0.382 e. The molecule has 0 fully saturated rings. The fraction of sp³-hybridized carbons (Fsp3) is 0.417. The quantitative estimate of drug-likeness (QED) is 0.591. The molecule has 0 radical (unpaired) electrons. The van der Waals surface area contributed by atoms with Crippen molar-refractivity contribution in [2.24, 2.45) is 0 Å². The molecule has 0 aliphatic carbocycles. The van der Waals surface area contributed by atoms with Gasteiger partial charge in [0.15, 0.2) is 5.78 Å². The number of benzene rings is 1. The average Bonchev–Trinajstić information content (AvgIpc) is 2.27. The van der Waals surface area contributed by atoms with Crippen molar-refractivity contribution >= 4 is 21.7 Å². The summed E-state index contributed by atoms with van der Waals surface area (Å²) in [7, 11) is 0. The van der Waals surface area contributed by atoms with Crippen molar-refractivity contribution < 1.29 is 13.9 Å². The monoisotopic (exact) mass is 288 g/mol. The third kappa shape index (κ3) is 4.02. The summed E-state index contributed by atoms with van der Waals surface area (Å²) in [5.41, 5.74) is 0.144. The summed E-state index contributed by atoms with van der Waals surface area (Å²) in [4.78, 5) is 11.7. The first-order chi connectivity index (χ1) is 7.65. The molecule has 16 heavy (non-hydrogen) atoms. The van der Waals surface area contributed by atoms with E-state index in [1.165, 1.54) is 12.1 Å². The molecular formula is C12H14BrFO2. The first-order valence-corrected chi connectivity index (χ1v) is 6.00. The van der Waals surface area contributed by atoms with Crippen molar-refractivity contribution in [1.82, 2.24) is 0 Å². The number of rotatable bonds is 6. The summed E-state index contributed by atoms with van der Waals surface area (Å²) in [5.74, 6) is -0.650. The molecule has 0 bridgehead atoms. The maximum atomic E-state index is 13.3. The SMILES string of the molecule is CCOCCCC(=O)c1cc(Br)ccc1F. The van der Waals surface area contributed by atoms with Gasteiger partial charge < -0.3 is 4.74 Å². The Morgan fingerprint density at radius 3 is 2.94 bits per heavy atom. The summed E-state index contributed by atoms with van der Waals surface area (Å²) in [6, 6.07) is 4.38. The van der Waals surface area contributed by atoms with E-state index in [0.717, 1.165) is 0 Å². The number of Topliss-reactive ketones (excluding diaryl/α,β-unsaturated/α-hetero) is 1. The summed E-state index contributed by atoms with van der Waals surface area (Å²) in [6.07, 6.45) is 0.937. The van der Waals surface area contributed by atoms with E-state index in [1.54, 1.807) is 6.07 Å². The van der Waals surface area contributed by atoms with Crippen molar-refractivity contribution in [2.45, 2.75) is 19.8 Å². The van der Waals surface area contributed by atoms with Gasteiger partial charge in [0.1, 0.15) is 5.82 Å². The van der Waals surface area contributed by atoms with Crippen LogP contribution in [0.15, 0.2) is 22.7 Å². The van der Waals surface area contributed by atoms with Gasteiger partial charge in [-0.25, -0.2) is 4.39 Å². The van der Waals surface area contributed by atoms with Gasteiger partial charge in [-0.15, -0.1) is 0 Å². The van der Waals surface area contributed by atoms with Gasteiger partial charge in [0.2, 0.25) is 0 Å². The van der Waals surface area contributed by atoms with Crippen LogP contribution in [0, 0.1) is 5.82 Å². The molecule has 0 N–H and O–H groups in total. The number of carbonyl (C=O) groups excluding carboxylic acids is 1. The molecule has 0 spiro atoms. The Kier molecular flexibility index (Phi) is 5.63. The van der Waals surface area contributed by atoms with Crippen LogP contribution < -0.4 is 0 Å². The smallest absolute Gasteiger partial charge is 0.165 e. The standard InChI is InChI=1S/C12H14BrFO2/c1-2-16-7-3-4-12(15)10-8-9(13)5-6-11(10)14/h5-6,8H,2-4,7H2,1H3. The minimum absolute atomic E-state index is 0.144. The molecule has 0 saturated heterocycles. The van der Waals surface area contributed by atoms with Crippen molar-refractivity contribution in [3.8, 4) is 0 Å². The van der Waals surface area contributed by atoms with E-state index >= 15 is 0 Å². The van der Waals surface area contributed by atoms with Crippen LogP contribution in [-0.2, 0) is 4.74 Å². The zero-order valence-corrected chi connectivity index (χ0v) is 10.7. The Balaban J connectivity index is 2.55. The lowest BCUT2D eigenvalue weighted by molar-refractivity contribution is 0.0943. The van der Waals surface area contributed by atoms with E-state index in [4.69, 9.17) is 4.74 Å². The van der Waals surface area contributed by atoms with E-state index in [9.17, 15) is 9.18 Å². The highest BCUT2D eigenvalue weighted by Gasteiger charge is 2.11. The van der Waals surface area contributed by atoms with Crippen LogP contribution in [0.5, 0.6) is 0 Å². The van der Waals surface area contributed by atoms with Crippen LogP contribution in [0.25, 0.3) is 0 Å². The fourth-order valence-electron chi connectivity index (χ4n) is 1.32. The van der Waals surface area contributed by atoms with Crippen molar-refractivity contribution in [1.29, 1.82) is 0 Å². The van der Waals surface area contributed by atoms with E-state index in [-0.39, 0.29) is 11.3 Å². The minimum Gasteiger partial charge on any atom is -0.382 e. The first-order valence-electron chi connectivity index (χ1n) is 5.21. The maximum Gasteiger partial charge on any atom is 0.165 e. The van der Waals surface area contributed by atoms with E-state index in [1.807, 2.05) is 6.92 Å². The maximum absolute atomic E-state index is 13.3. The molecule has 4 heteroatoms. The Labute approximate surface area is 103 Å². The van der Waals surface area contributed by atoms with Crippen molar-refractivity contribution in [2.75, 3.05) is 13.2 Å². The Bertz CT molecular complexity index is 366. The molecule has 1 aromatic rings. The molecule has 0 aliphatic rings. The van der Waals surface area contributed by atoms with Gasteiger partial charge in [-0.05, 0) is 31.5 Å². The number of hydrogen-bond acceptors (Lipinski definition) is 2. The second kappa shape index (κ2) is 6.76. The zero-order chi connectivity index (χ0) is 12.0. The fourth-order valence-corrected chi connectivity index (χ4v) is 1.69. The second-order valence-electron chi connectivity index (χ2n) is 3.35. The van der Waals surface area contributed by atoms with Crippen LogP contribution in [0.1, 0.15) is 30.1 Å². The highest BCUT2D eigenvalue weighted by atomic mass is 79.9. The molecule has 1 rings (SSSR count). The van der Waals surface area contributed by atoms with Gasteiger partial charge in [-0.1, -0.05) is 15.9 Å². The summed E-state index contributed by atoms with van der Waals surface area (Å²) in [5, 5.41) is 0. The minimum atomic E-state index is -0.468. The van der Waals surface area contributed by atoms with Crippen LogP contribution in [-0.4, -0.2) is 19.0 Å². The van der Waals surface area contributed by atoms with Crippen LogP contribution in [0.4, 0.5) is 4.39 Å². The van der Waals surface area contributed by atoms with E-state index in [2.05, 4.69) is 15.9 Å². The number of halogens is 2. The first kappa shape index (κ1) is 13.3. The van der Waals surface area contributed by atoms with E-state index < -0.39 is 5.82 Å². The molecule has 88 valence electrons. The highest BCUT2D eigenvalue weighted by molar-refractivity contribution is 9.10. The topological polar surface area (TPSA) is 26.3 Å². The molecule has 2 nitrogen and oxygen atoms in total. The molecule has 0 atom stereocenters. The predicted octanol–water partition coefficient (Wildman–Crippen LogP) is 3.59. The lowest BCUT2D eigenvalue weighted by atomic mass is 10.1. The average molecular weight is 289 g/mol. The van der Waals surface area contributed by atoms with Gasteiger partial charge in [-0.3, -0.25) is 4.79 Å². The Hall–Kier alpha value is -0.740. The van der Waals surface area contributed by atoms with Gasteiger partial charge >= 0.3 is 0 Å². The van der Waals surface area contributed by atoms with Crippen molar-refractivity contribution in [3.63, 3.8) is 0 Å². The number of ketones is 1. The van der Waals surface area contributed by atoms with Crippen LogP contribution >= 0.6 is 15.9 Å². The van der Waals surface area contributed by atoms with E-state index in [0.29, 0.717) is 30.5 Å². The van der Waals surface area contributed by atoms with Crippen molar-refractivity contribution in [3.05, 3.63) is 34.1 Å². The lowest BCUT2D eigenvalue weighted by Gasteiger charge is -2.03. The normalized spacial score (nSPS) is 10.4. The molecule has 0 amide bonds. The van der Waals surface area contributed by atoms with Crippen LogP contribution in [0.2, 0.25) is 0 Å². The predicted molar refractivity (Wildman–Crippen MR) is 64.2 cm³/mol. The molecule has 0 aromatic heterocycles. The molecule has 1 aromatic carbocycles. The van der Waals surface area contributed by atoms with Crippen LogP contribution in [0.3, 0.4) is 0 Å². The lowest BCUT2D eigenvalue weighted by Crippen LogP contribution is -2.04.